The van der Waals surface area contributed by atoms with Crippen LogP contribution in [0.1, 0.15) is 29.4 Å². The minimum Gasteiger partial charge on any atom is -0.493 e. The minimum absolute atomic E-state index is 0. The molecule has 8 nitrogen and oxygen atoms in total. The molecule has 8 heteroatoms. The van der Waals surface area contributed by atoms with Crippen LogP contribution >= 0.6 is 0 Å². The van der Waals surface area contributed by atoms with Crippen molar-refractivity contribution >= 4 is 16.8 Å². The van der Waals surface area contributed by atoms with Gasteiger partial charge in [0.1, 0.15) is 5.82 Å². The fourth-order valence-electron chi connectivity index (χ4n) is 4.39. The first-order chi connectivity index (χ1) is 17.3. The molecule has 1 amide bonds. The summed E-state index contributed by atoms with van der Waals surface area (Å²) in [5, 5.41) is 0.577. The second-order valence-corrected chi connectivity index (χ2v) is 8.82. The average Bonchev–Trinajstić information content (AvgIpc) is 2.87. The lowest BCUT2D eigenvalue weighted by molar-refractivity contribution is -0.129. The van der Waals surface area contributed by atoms with Crippen molar-refractivity contribution in [3.05, 3.63) is 93.5 Å². The van der Waals surface area contributed by atoms with Crippen molar-refractivity contribution < 1.29 is 19.7 Å². The SMILES string of the molecule is COc1ccc(CCN(Cc2ccc(C)c(-n3c(C)nc4ccccc4c3=O)c2)C(C)=O)cc1OC.O. The minimum atomic E-state index is -0.102. The Kier molecular flexibility index (Phi) is 8.68. The zero-order chi connectivity index (χ0) is 25.8. The van der Waals surface area contributed by atoms with Gasteiger partial charge in [-0.2, -0.15) is 0 Å². The molecule has 4 aromatic rings. The number of nitrogens with zero attached hydrogens (tertiary/aromatic N) is 3. The first-order valence-electron chi connectivity index (χ1n) is 11.9. The number of aryl methyl sites for hydroxylation is 2. The number of hydrogen-bond acceptors (Lipinski definition) is 5. The number of rotatable bonds is 8. The Morgan fingerprint density at radius 2 is 1.65 bits per heavy atom. The maximum Gasteiger partial charge on any atom is 0.265 e. The third-order valence-electron chi connectivity index (χ3n) is 6.39. The monoisotopic (exact) mass is 503 g/mol. The van der Waals surface area contributed by atoms with E-state index in [-0.39, 0.29) is 16.9 Å². The van der Waals surface area contributed by atoms with E-state index in [2.05, 4.69) is 4.98 Å². The molecule has 37 heavy (non-hydrogen) atoms. The second kappa shape index (κ2) is 11.7. The summed E-state index contributed by atoms with van der Waals surface area (Å²) in [6.07, 6.45) is 0.672. The van der Waals surface area contributed by atoms with Gasteiger partial charge in [-0.1, -0.05) is 30.3 Å². The summed E-state index contributed by atoms with van der Waals surface area (Å²) >= 11 is 0. The number of para-hydroxylation sites is 1. The molecule has 194 valence electrons. The van der Waals surface area contributed by atoms with Gasteiger partial charge >= 0.3 is 0 Å². The Morgan fingerprint density at radius 1 is 0.946 bits per heavy atom. The highest BCUT2D eigenvalue weighted by atomic mass is 16.5. The fraction of sp³-hybridized carbons (Fsp3) is 0.276. The summed E-state index contributed by atoms with van der Waals surface area (Å²) < 4.78 is 12.4. The maximum absolute atomic E-state index is 13.3. The highest BCUT2D eigenvalue weighted by Crippen LogP contribution is 2.28. The molecule has 0 radical (unpaired) electrons. The Balaban J connectivity index is 0.00000380. The first kappa shape index (κ1) is 27.4. The van der Waals surface area contributed by atoms with E-state index in [9.17, 15) is 9.59 Å². The number of methoxy groups -OCH3 is 2. The first-order valence-corrected chi connectivity index (χ1v) is 11.9. The topological polar surface area (TPSA) is 105 Å². The van der Waals surface area contributed by atoms with E-state index in [4.69, 9.17) is 9.47 Å². The predicted octanol–water partition coefficient (Wildman–Crippen LogP) is 3.79. The molecule has 0 saturated heterocycles. The molecular formula is C29H33N3O5. The number of carbonyl (C=O) groups is 1. The van der Waals surface area contributed by atoms with Gasteiger partial charge < -0.3 is 19.8 Å². The highest BCUT2D eigenvalue weighted by Gasteiger charge is 2.15. The second-order valence-electron chi connectivity index (χ2n) is 8.82. The van der Waals surface area contributed by atoms with Crippen LogP contribution in [0.4, 0.5) is 0 Å². The number of amides is 1. The highest BCUT2D eigenvalue weighted by molar-refractivity contribution is 5.78. The largest absolute Gasteiger partial charge is 0.493 e. The van der Waals surface area contributed by atoms with E-state index < -0.39 is 0 Å². The normalized spacial score (nSPS) is 10.6. The molecule has 4 rings (SSSR count). The van der Waals surface area contributed by atoms with E-state index in [0.717, 1.165) is 22.4 Å². The third kappa shape index (κ3) is 5.81. The van der Waals surface area contributed by atoms with Crippen molar-refractivity contribution in [1.29, 1.82) is 0 Å². The molecule has 0 atom stereocenters. The zero-order valence-corrected chi connectivity index (χ0v) is 21.9. The van der Waals surface area contributed by atoms with E-state index in [0.29, 0.717) is 47.7 Å². The Labute approximate surface area is 216 Å². The molecule has 0 saturated carbocycles. The molecule has 0 spiro atoms. The predicted molar refractivity (Wildman–Crippen MR) is 145 cm³/mol. The van der Waals surface area contributed by atoms with E-state index in [1.807, 2.05) is 68.4 Å². The Morgan fingerprint density at radius 3 is 2.35 bits per heavy atom. The van der Waals surface area contributed by atoms with Crippen LogP contribution in [0.2, 0.25) is 0 Å². The lowest BCUT2D eigenvalue weighted by Crippen LogP contribution is -2.30. The summed E-state index contributed by atoms with van der Waals surface area (Å²) in [7, 11) is 3.21. The molecule has 0 aliphatic rings. The van der Waals surface area contributed by atoms with Gasteiger partial charge in [-0.3, -0.25) is 14.2 Å². The average molecular weight is 504 g/mol. The zero-order valence-electron chi connectivity index (χ0n) is 21.9. The molecule has 0 aliphatic carbocycles. The van der Waals surface area contributed by atoms with Gasteiger partial charge in [0, 0.05) is 20.0 Å². The van der Waals surface area contributed by atoms with Crippen molar-refractivity contribution in [2.24, 2.45) is 0 Å². The summed E-state index contributed by atoms with van der Waals surface area (Å²) in [6.45, 7) is 6.37. The van der Waals surface area contributed by atoms with Crippen LogP contribution < -0.4 is 15.0 Å². The van der Waals surface area contributed by atoms with Gasteiger partial charge in [0.15, 0.2) is 11.5 Å². The quantitative estimate of drug-likeness (QED) is 0.364. The van der Waals surface area contributed by atoms with Crippen molar-refractivity contribution in [3.63, 3.8) is 0 Å². The third-order valence-corrected chi connectivity index (χ3v) is 6.39. The van der Waals surface area contributed by atoms with Gasteiger partial charge in [0.25, 0.3) is 5.56 Å². The molecule has 0 fully saturated rings. The molecule has 2 N–H and O–H groups in total. The van der Waals surface area contributed by atoms with Crippen molar-refractivity contribution in [3.8, 4) is 17.2 Å². The van der Waals surface area contributed by atoms with Crippen molar-refractivity contribution in [1.82, 2.24) is 14.5 Å². The number of carbonyl (C=O) groups excluding carboxylic acids is 1. The number of benzene rings is 3. The summed E-state index contributed by atoms with van der Waals surface area (Å²) in [5.41, 5.74) is 4.31. The van der Waals surface area contributed by atoms with E-state index in [1.54, 1.807) is 36.7 Å². The molecule has 0 unspecified atom stereocenters. The molecule has 1 aromatic heterocycles. The fourth-order valence-corrected chi connectivity index (χ4v) is 4.39. The van der Waals surface area contributed by atoms with Gasteiger partial charge in [-0.15, -0.1) is 0 Å². The summed E-state index contributed by atoms with van der Waals surface area (Å²) in [4.78, 5) is 32.3. The Bertz CT molecular complexity index is 1480. The molecular weight excluding hydrogens is 470 g/mol. The standard InChI is InChI=1S/C29H31N3O4.H2O/c1-19-10-11-23(16-26(19)32-20(2)30-25-9-7-6-8-24(25)29(32)34)18-31(21(3)33)15-14-22-12-13-27(35-4)28(17-22)36-5;/h6-13,16-17H,14-15,18H2,1-5H3;1H2. The molecule has 0 bridgehead atoms. The number of fused-ring (bicyclic) bond motifs is 1. The summed E-state index contributed by atoms with van der Waals surface area (Å²) in [5.74, 6) is 1.94. The summed E-state index contributed by atoms with van der Waals surface area (Å²) in [6, 6.07) is 19.1. The lowest BCUT2D eigenvalue weighted by atomic mass is 10.1. The smallest absolute Gasteiger partial charge is 0.265 e. The number of hydrogen-bond donors (Lipinski definition) is 0. The van der Waals surface area contributed by atoms with Crippen LogP contribution in [0.15, 0.2) is 65.5 Å². The maximum atomic E-state index is 13.3. The van der Waals surface area contributed by atoms with Gasteiger partial charge in [0.05, 0.1) is 30.8 Å². The van der Waals surface area contributed by atoms with Crippen LogP contribution in [0.3, 0.4) is 0 Å². The van der Waals surface area contributed by atoms with Crippen molar-refractivity contribution in [2.75, 3.05) is 20.8 Å². The number of ether oxygens (including phenoxy) is 2. The van der Waals surface area contributed by atoms with E-state index in [1.165, 1.54) is 0 Å². The van der Waals surface area contributed by atoms with Gasteiger partial charge in [0.2, 0.25) is 5.91 Å². The molecule has 1 heterocycles. The van der Waals surface area contributed by atoms with Crippen LogP contribution in [0.25, 0.3) is 16.6 Å². The van der Waals surface area contributed by atoms with Gasteiger partial charge in [-0.05, 0) is 67.3 Å². The number of aromatic nitrogens is 2. The van der Waals surface area contributed by atoms with Crippen LogP contribution in [-0.2, 0) is 17.8 Å². The molecule has 3 aromatic carbocycles. The van der Waals surface area contributed by atoms with Crippen LogP contribution in [-0.4, -0.2) is 46.6 Å². The van der Waals surface area contributed by atoms with Crippen LogP contribution in [0, 0.1) is 13.8 Å². The van der Waals surface area contributed by atoms with Crippen molar-refractivity contribution in [2.45, 2.75) is 33.7 Å². The molecule has 0 aliphatic heterocycles. The lowest BCUT2D eigenvalue weighted by Gasteiger charge is -2.22. The van der Waals surface area contributed by atoms with Crippen LogP contribution in [0.5, 0.6) is 11.5 Å². The Hall–Kier alpha value is -4.17. The van der Waals surface area contributed by atoms with Gasteiger partial charge in [-0.25, -0.2) is 4.98 Å². The van der Waals surface area contributed by atoms with E-state index >= 15 is 0 Å².